The van der Waals surface area contributed by atoms with Crippen LogP contribution in [0, 0.1) is 0 Å². The van der Waals surface area contributed by atoms with Crippen LogP contribution in [0.25, 0.3) is 77.3 Å². The average Bonchev–Trinajstić information content (AvgIpc) is 3.82. The highest BCUT2D eigenvalue weighted by Gasteiger charge is 2.16. The molecule has 10 aromatic rings. The third-order valence-electron chi connectivity index (χ3n) is 9.59. The maximum Gasteiger partial charge on any atom is 0.488 e. The van der Waals surface area contributed by atoms with Crippen molar-refractivity contribution in [2.45, 2.75) is 0 Å². The van der Waals surface area contributed by atoms with E-state index in [0.29, 0.717) is 5.46 Å². The van der Waals surface area contributed by atoms with Crippen LogP contribution in [0.4, 0.5) is 11.4 Å². The Kier molecular flexibility index (Phi) is 10.4. The quantitative estimate of drug-likeness (QED) is 0.104. The maximum absolute atomic E-state index is 9.38. The minimum absolute atomic E-state index is 0.474. The van der Waals surface area contributed by atoms with Gasteiger partial charge in [-0.3, -0.25) is 0 Å². The molecule has 0 amide bonds. The number of halogens is 1. The second kappa shape index (κ2) is 16.0. The Hall–Kier alpha value is -6.58. The lowest BCUT2D eigenvalue weighted by atomic mass is 9.79. The Balaban J connectivity index is 0.000000133. The number of para-hydroxylation sites is 2. The first-order valence-electron chi connectivity index (χ1n) is 18.1. The van der Waals surface area contributed by atoms with Crippen molar-refractivity contribution in [1.82, 2.24) is 0 Å². The number of fused-ring (bicyclic) bond motifs is 6. The molecule has 0 fully saturated rings. The van der Waals surface area contributed by atoms with Crippen molar-refractivity contribution < 1.29 is 18.9 Å². The van der Waals surface area contributed by atoms with Gasteiger partial charge in [-0.2, -0.15) is 0 Å². The van der Waals surface area contributed by atoms with Crippen molar-refractivity contribution in [2.75, 3.05) is 11.5 Å². The number of hydrogen-bond donors (Lipinski definition) is 4. The van der Waals surface area contributed by atoms with Gasteiger partial charge in [0.25, 0.3) is 0 Å². The molecular weight excluding hydrogens is 759 g/mol. The van der Waals surface area contributed by atoms with E-state index in [1.807, 2.05) is 109 Å². The molecule has 2 aromatic heterocycles. The number of anilines is 2. The fourth-order valence-electron chi connectivity index (χ4n) is 6.90. The largest absolute Gasteiger partial charge is 0.488 e. The summed E-state index contributed by atoms with van der Waals surface area (Å²) in [6.07, 6.45) is 0. The third kappa shape index (κ3) is 7.67. The molecule has 6 nitrogen and oxygen atoms in total. The first-order chi connectivity index (χ1) is 27.3. The molecule has 56 heavy (non-hydrogen) atoms. The lowest BCUT2D eigenvalue weighted by Gasteiger charge is -2.08. The predicted octanol–water partition coefficient (Wildman–Crippen LogP) is 11.5. The van der Waals surface area contributed by atoms with Gasteiger partial charge < -0.3 is 30.3 Å². The molecule has 6 N–H and O–H groups in total. The fourth-order valence-corrected chi connectivity index (χ4v) is 7.17. The molecule has 8 aromatic carbocycles. The SMILES string of the molecule is Nc1ccc(-c2cccc(-c3cccc4oc5ccccc5c34)c2)cc1.Nc1ccc(Br)cc1.OB(O)c1cccc(-c2cccc3oc4ccccc4c23)c1. The highest BCUT2D eigenvalue weighted by Crippen LogP contribution is 2.38. The van der Waals surface area contributed by atoms with Gasteiger partial charge in [0.15, 0.2) is 0 Å². The van der Waals surface area contributed by atoms with Gasteiger partial charge in [0.2, 0.25) is 0 Å². The van der Waals surface area contributed by atoms with Gasteiger partial charge in [0.05, 0.1) is 0 Å². The van der Waals surface area contributed by atoms with Crippen LogP contribution in [0.2, 0.25) is 0 Å². The summed E-state index contributed by atoms with van der Waals surface area (Å²) in [5, 5.41) is 23.2. The van der Waals surface area contributed by atoms with Gasteiger partial charge >= 0.3 is 7.12 Å². The summed E-state index contributed by atoms with van der Waals surface area (Å²) in [7, 11) is -1.47. The summed E-state index contributed by atoms with van der Waals surface area (Å²) in [6.45, 7) is 0. The van der Waals surface area contributed by atoms with Gasteiger partial charge in [-0.15, -0.1) is 0 Å². The van der Waals surface area contributed by atoms with Crippen molar-refractivity contribution in [3.05, 3.63) is 186 Å². The zero-order valence-corrected chi connectivity index (χ0v) is 31.7. The molecule has 8 heteroatoms. The highest BCUT2D eigenvalue weighted by atomic mass is 79.9. The van der Waals surface area contributed by atoms with Gasteiger partial charge in [-0.25, -0.2) is 0 Å². The molecule has 0 atom stereocenters. The van der Waals surface area contributed by atoms with E-state index in [0.717, 1.165) is 76.4 Å². The van der Waals surface area contributed by atoms with Gasteiger partial charge in [-0.1, -0.05) is 131 Å². The monoisotopic (exact) mass is 794 g/mol. The Bertz CT molecular complexity index is 2920. The number of nitrogens with two attached hydrogens (primary N) is 2. The van der Waals surface area contributed by atoms with Crippen LogP contribution in [0.1, 0.15) is 0 Å². The summed E-state index contributed by atoms with van der Waals surface area (Å²) < 4.78 is 13.0. The number of furan rings is 2. The minimum atomic E-state index is -1.47. The average molecular weight is 796 g/mol. The van der Waals surface area contributed by atoms with Crippen molar-refractivity contribution in [1.29, 1.82) is 0 Å². The molecule has 0 saturated heterocycles. The lowest BCUT2D eigenvalue weighted by molar-refractivity contribution is 0.426. The summed E-state index contributed by atoms with van der Waals surface area (Å²) in [5.41, 5.74) is 23.4. The summed E-state index contributed by atoms with van der Waals surface area (Å²) in [4.78, 5) is 0. The van der Waals surface area contributed by atoms with E-state index in [1.165, 1.54) is 16.7 Å². The van der Waals surface area contributed by atoms with Crippen LogP contribution >= 0.6 is 15.9 Å². The normalized spacial score (nSPS) is 10.9. The molecule has 2 heterocycles. The van der Waals surface area contributed by atoms with E-state index >= 15 is 0 Å². The predicted molar refractivity (Wildman–Crippen MR) is 237 cm³/mol. The van der Waals surface area contributed by atoms with Crippen LogP contribution < -0.4 is 16.9 Å². The molecular formula is C48H36BBrN2O4. The van der Waals surface area contributed by atoms with E-state index in [1.54, 1.807) is 12.1 Å². The smallest absolute Gasteiger partial charge is 0.456 e. The summed E-state index contributed by atoms with van der Waals surface area (Å²) in [6, 6.07) is 59.7. The second-order valence-corrected chi connectivity index (χ2v) is 14.2. The van der Waals surface area contributed by atoms with Crippen LogP contribution in [0.5, 0.6) is 0 Å². The summed E-state index contributed by atoms with van der Waals surface area (Å²) >= 11 is 3.29. The van der Waals surface area contributed by atoms with Crippen molar-refractivity contribution in [3.8, 4) is 33.4 Å². The Morgan fingerprint density at radius 3 is 1.39 bits per heavy atom. The Labute approximate surface area is 332 Å². The van der Waals surface area contributed by atoms with Crippen LogP contribution in [-0.4, -0.2) is 17.2 Å². The molecule has 0 aliphatic heterocycles. The van der Waals surface area contributed by atoms with Crippen LogP contribution in [0.15, 0.2) is 195 Å². The first kappa shape index (κ1) is 36.4. The maximum atomic E-state index is 9.38. The molecule has 0 bridgehead atoms. The fraction of sp³-hybridized carbons (Fsp3) is 0. The Morgan fingerprint density at radius 2 is 0.857 bits per heavy atom. The number of hydrogen-bond acceptors (Lipinski definition) is 6. The highest BCUT2D eigenvalue weighted by molar-refractivity contribution is 9.10. The van der Waals surface area contributed by atoms with E-state index < -0.39 is 7.12 Å². The molecule has 0 radical (unpaired) electrons. The lowest BCUT2D eigenvalue weighted by Crippen LogP contribution is -2.29. The molecule has 0 aliphatic carbocycles. The van der Waals surface area contributed by atoms with Crippen LogP contribution in [-0.2, 0) is 0 Å². The standard InChI is InChI=1S/C24H17NO.C18H13BO3.C6H6BrN/c25-19-13-11-16(12-14-19)17-5-3-6-18(15-17)20-8-4-10-23-24(20)21-7-1-2-9-22(21)26-23;20-19(21)13-6-3-5-12(11-13)14-8-4-10-17-18(14)15-7-1-2-9-16(15)22-17;7-5-1-3-6(8)4-2-5/h1-15H,25H2;1-11,20-21H;1-4H,8H2. The minimum Gasteiger partial charge on any atom is -0.456 e. The van der Waals surface area contributed by atoms with Gasteiger partial charge in [0, 0.05) is 37.4 Å². The first-order valence-corrected chi connectivity index (χ1v) is 18.9. The molecule has 0 aliphatic rings. The zero-order valence-electron chi connectivity index (χ0n) is 30.1. The van der Waals surface area contributed by atoms with Gasteiger partial charge in [0.1, 0.15) is 22.3 Å². The second-order valence-electron chi connectivity index (χ2n) is 13.3. The zero-order chi connectivity index (χ0) is 38.6. The van der Waals surface area contributed by atoms with Crippen molar-refractivity contribution in [2.24, 2.45) is 0 Å². The topological polar surface area (TPSA) is 119 Å². The van der Waals surface area contributed by atoms with E-state index in [4.69, 9.17) is 20.3 Å². The molecule has 272 valence electrons. The summed E-state index contributed by atoms with van der Waals surface area (Å²) in [5.74, 6) is 0. The van der Waals surface area contributed by atoms with E-state index in [-0.39, 0.29) is 0 Å². The van der Waals surface area contributed by atoms with Gasteiger partial charge in [-0.05, 0) is 106 Å². The number of nitrogen functional groups attached to an aromatic ring is 2. The van der Waals surface area contributed by atoms with Crippen molar-refractivity contribution >= 4 is 83.8 Å². The van der Waals surface area contributed by atoms with Crippen molar-refractivity contribution in [3.63, 3.8) is 0 Å². The van der Waals surface area contributed by atoms with E-state index in [2.05, 4.69) is 76.6 Å². The Morgan fingerprint density at radius 1 is 0.411 bits per heavy atom. The molecule has 10 rings (SSSR count). The number of rotatable bonds is 4. The molecule has 0 spiro atoms. The molecule has 0 saturated carbocycles. The third-order valence-corrected chi connectivity index (χ3v) is 10.1. The van der Waals surface area contributed by atoms with E-state index in [9.17, 15) is 10.0 Å². The van der Waals surface area contributed by atoms with Crippen LogP contribution in [0.3, 0.4) is 0 Å². The number of benzene rings is 8. The molecule has 0 unspecified atom stereocenters.